The van der Waals surface area contributed by atoms with Crippen LogP contribution in [0, 0.1) is 5.82 Å². The fraction of sp³-hybridized carbons (Fsp3) is 0. The van der Waals surface area contributed by atoms with Gasteiger partial charge in [0.2, 0.25) is 10.0 Å². The third-order valence-electron chi connectivity index (χ3n) is 1.48. The van der Waals surface area contributed by atoms with Crippen LogP contribution in [0.25, 0.3) is 0 Å². The minimum absolute atomic E-state index is 0.358. The smallest absolute Gasteiger partial charge is 0.255 e. The quantitative estimate of drug-likeness (QED) is 0.775. The highest BCUT2D eigenvalue weighted by Gasteiger charge is 2.14. The van der Waals surface area contributed by atoms with Crippen molar-refractivity contribution in [3.63, 3.8) is 0 Å². The van der Waals surface area contributed by atoms with E-state index in [-0.39, 0.29) is 4.90 Å². The van der Waals surface area contributed by atoms with E-state index in [2.05, 4.69) is 0 Å². The Morgan fingerprint density at radius 2 is 2.00 bits per heavy atom. The van der Waals surface area contributed by atoms with Gasteiger partial charge in [0, 0.05) is 0 Å². The van der Waals surface area contributed by atoms with Gasteiger partial charge in [-0.15, -0.1) is 0 Å². The van der Waals surface area contributed by atoms with Gasteiger partial charge in [-0.25, -0.2) is 17.9 Å². The molecule has 0 saturated carbocycles. The van der Waals surface area contributed by atoms with E-state index in [0.717, 1.165) is 18.2 Å². The van der Waals surface area contributed by atoms with Gasteiger partial charge in [0.05, 0.1) is 10.5 Å². The van der Waals surface area contributed by atoms with Crippen LogP contribution in [0.1, 0.15) is 10.4 Å². The Labute approximate surface area is 84.5 Å². The van der Waals surface area contributed by atoms with Gasteiger partial charge in [-0.05, 0) is 29.8 Å². The Bertz CT molecular complexity index is 486. The van der Waals surface area contributed by atoms with E-state index < -0.39 is 26.6 Å². The van der Waals surface area contributed by atoms with E-state index in [4.69, 9.17) is 16.7 Å². The molecule has 0 saturated heterocycles. The van der Waals surface area contributed by atoms with E-state index in [9.17, 15) is 17.6 Å². The monoisotopic (exact) mass is 237 g/mol. The van der Waals surface area contributed by atoms with Crippen molar-refractivity contribution in [2.75, 3.05) is 0 Å². The average Bonchev–Trinajstić information content (AvgIpc) is 2.02. The fourth-order valence-electron chi connectivity index (χ4n) is 0.832. The summed E-state index contributed by atoms with van der Waals surface area (Å²) >= 11 is 5.02. The molecule has 0 radical (unpaired) electrons. The van der Waals surface area contributed by atoms with E-state index in [1.54, 1.807) is 0 Å². The van der Waals surface area contributed by atoms with Crippen LogP contribution in [0.15, 0.2) is 23.1 Å². The SMILES string of the molecule is NS(=O)(=O)c1ccc(F)c(C(=O)Cl)c1. The van der Waals surface area contributed by atoms with E-state index in [1.165, 1.54) is 0 Å². The van der Waals surface area contributed by atoms with Crippen molar-refractivity contribution in [2.45, 2.75) is 4.90 Å². The van der Waals surface area contributed by atoms with Gasteiger partial charge in [0.15, 0.2) is 0 Å². The first-order valence-corrected chi connectivity index (χ1v) is 5.27. The van der Waals surface area contributed by atoms with Crippen LogP contribution in [0.3, 0.4) is 0 Å². The molecule has 0 spiro atoms. The summed E-state index contributed by atoms with van der Waals surface area (Å²) in [5, 5.41) is 3.70. The minimum Gasteiger partial charge on any atom is -0.275 e. The molecule has 0 bridgehead atoms. The van der Waals surface area contributed by atoms with Gasteiger partial charge in [-0.3, -0.25) is 4.79 Å². The molecule has 4 nitrogen and oxygen atoms in total. The molecular formula is C7H5ClFNO3S. The summed E-state index contributed by atoms with van der Waals surface area (Å²) in [6.45, 7) is 0. The van der Waals surface area contributed by atoms with Gasteiger partial charge in [-0.1, -0.05) is 0 Å². The number of hydrogen-bond donors (Lipinski definition) is 1. The lowest BCUT2D eigenvalue weighted by atomic mass is 10.2. The summed E-state index contributed by atoms with van der Waals surface area (Å²) in [6.07, 6.45) is 0. The normalized spacial score (nSPS) is 11.4. The maximum atomic E-state index is 12.9. The van der Waals surface area contributed by atoms with Crippen LogP contribution < -0.4 is 5.14 Å². The number of halogens is 2. The molecule has 0 aliphatic carbocycles. The molecule has 7 heteroatoms. The molecule has 0 aliphatic heterocycles. The lowest BCUT2D eigenvalue weighted by Crippen LogP contribution is -2.13. The lowest BCUT2D eigenvalue weighted by molar-refractivity contribution is 0.107. The average molecular weight is 238 g/mol. The first kappa shape index (κ1) is 11.1. The van der Waals surface area contributed by atoms with Crippen LogP contribution >= 0.6 is 11.6 Å². The minimum atomic E-state index is -3.95. The third kappa shape index (κ3) is 2.28. The number of benzene rings is 1. The van der Waals surface area contributed by atoms with Crippen molar-refractivity contribution >= 4 is 26.9 Å². The van der Waals surface area contributed by atoms with Crippen molar-refractivity contribution in [1.82, 2.24) is 0 Å². The largest absolute Gasteiger partial charge is 0.275 e. The van der Waals surface area contributed by atoms with E-state index in [1.807, 2.05) is 0 Å². The van der Waals surface area contributed by atoms with Crippen LogP contribution in [0.4, 0.5) is 4.39 Å². The Kier molecular flexibility index (Phi) is 2.89. The van der Waals surface area contributed by atoms with Gasteiger partial charge in [-0.2, -0.15) is 0 Å². The molecule has 0 fully saturated rings. The van der Waals surface area contributed by atoms with Crippen LogP contribution in [-0.2, 0) is 10.0 Å². The van der Waals surface area contributed by atoms with Crippen molar-refractivity contribution < 1.29 is 17.6 Å². The molecule has 1 aromatic carbocycles. The summed E-state index contributed by atoms with van der Waals surface area (Å²) < 4.78 is 34.5. The molecule has 0 amide bonds. The first-order chi connectivity index (χ1) is 6.32. The lowest BCUT2D eigenvalue weighted by Gasteiger charge is -2.00. The van der Waals surface area contributed by atoms with Gasteiger partial charge < -0.3 is 0 Å². The van der Waals surface area contributed by atoms with Crippen LogP contribution in [-0.4, -0.2) is 13.7 Å². The van der Waals surface area contributed by atoms with Gasteiger partial charge >= 0.3 is 0 Å². The Hall–Kier alpha value is -0.980. The highest BCUT2D eigenvalue weighted by atomic mass is 35.5. The highest BCUT2D eigenvalue weighted by Crippen LogP contribution is 2.15. The molecule has 0 aliphatic rings. The fourth-order valence-corrected chi connectivity index (χ4v) is 1.52. The van der Waals surface area contributed by atoms with Crippen molar-refractivity contribution in [2.24, 2.45) is 5.14 Å². The van der Waals surface area contributed by atoms with Crippen LogP contribution in [0.5, 0.6) is 0 Å². The summed E-state index contributed by atoms with van der Waals surface area (Å²) in [7, 11) is -3.95. The standard InChI is InChI=1S/C7H5ClFNO3S/c8-7(11)5-3-4(14(10,12)13)1-2-6(5)9/h1-3H,(H2,10,12,13). The topological polar surface area (TPSA) is 77.2 Å². The zero-order valence-electron chi connectivity index (χ0n) is 6.70. The molecule has 0 aromatic heterocycles. The summed E-state index contributed by atoms with van der Waals surface area (Å²) in [5.74, 6) is -0.891. The predicted octanol–water partition coefficient (Wildman–Crippen LogP) is 0.852. The number of carbonyl (C=O) groups excluding carboxylic acids is 1. The Balaban J connectivity index is 3.42. The number of carbonyl (C=O) groups is 1. The molecule has 1 rings (SSSR count). The predicted molar refractivity (Wildman–Crippen MR) is 48.0 cm³/mol. The second-order valence-electron chi connectivity index (χ2n) is 2.46. The van der Waals surface area contributed by atoms with E-state index in [0.29, 0.717) is 0 Å². The summed E-state index contributed by atoms with van der Waals surface area (Å²) in [4.78, 5) is 10.3. The maximum absolute atomic E-state index is 12.9. The van der Waals surface area contributed by atoms with Gasteiger partial charge in [0.1, 0.15) is 5.82 Å². The number of primary sulfonamides is 1. The second kappa shape index (κ2) is 3.64. The van der Waals surface area contributed by atoms with Gasteiger partial charge in [0.25, 0.3) is 5.24 Å². The number of nitrogens with two attached hydrogens (primary N) is 1. The number of hydrogen-bond acceptors (Lipinski definition) is 3. The Morgan fingerprint density at radius 1 is 1.43 bits per heavy atom. The molecular weight excluding hydrogens is 233 g/mol. The molecule has 2 N–H and O–H groups in total. The zero-order chi connectivity index (χ0) is 10.9. The Morgan fingerprint density at radius 3 is 2.43 bits per heavy atom. The van der Waals surface area contributed by atoms with Crippen LogP contribution in [0.2, 0.25) is 0 Å². The molecule has 0 heterocycles. The highest BCUT2D eigenvalue weighted by molar-refractivity contribution is 7.89. The summed E-state index contributed by atoms with van der Waals surface area (Å²) in [5.41, 5.74) is -0.516. The number of sulfonamides is 1. The second-order valence-corrected chi connectivity index (χ2v) is 4.37. The number of rotatable bonds is 2. The molecule has 0 unspecified atom stereocenters. The van der Waals surface area contributed by atoms with E-state index >= 15 is 0 Å². The van der Waals surface area contributed by atoms with Crippen molar-refractivity contribution in [3.8, 4) is 0 Å². The molecule has 1 aromatic rings. The van der Waals surface area contributed by atoms with Crippen molar-refractivity contribution in [3.05, 3.63) is 29.6 Å². The molecule has 0 atom stereocenters. The third-order valence-corrected chi connectivity index (χ3v) is 2.59. The first-order valence-electron chi connectivity index (χ1n) is 3.34. The molecule has 76 valence electrons. The molecule has 14 heavy (non-hydrogen) atoms. The maximum Gasteiger partial charge on any atom is 0.255 e. The van der Waals surface area contributed by atoms with Crippen molar-refractivity contribution in [1.29, 1.82) is 0 Å². The zero-order valence-corrected chi connectivity index (χ0v) is 8.27. The summed E-state index contributed by atoms with van der Waals surface area (Å²) in [6, 6.07) is 2.56.